The fourth-order valence-corrected chi connectivity index (χ4v) is 1.41. The maximum Gasteiger partial charge on any atom is 0.302 e. The van der Waals surface area contributed by atoms with E-state index in [0.29, 0.717) is 13.2 Å². The smallest absolute Gasteiger partial charge is 0.302 e. The van der Waals surface area contributed by atoms with Gasteiger partial charge in [-0.25, -0.2) is 0 Å². The lowest BCUT2D eigenvalue weighted by atomic mass is 9.80. The first-order valence-corrected chi connectivity index (χ1v) is 4.93. The summed E-state index contributed by atoms with van der Waals surface area (Å²) in [7, 11) is 0. The van der Waals surface area contributed by atoms with Gasteiger partial charge in [-0.3, -0.25) is 4.79 Å². The zero-order valence-corrected chi connectivity index (χ0v) is 8.93. The Balaban J connectivity index is 3.88. The Hall–Kier alpha value is -0.570. The summed E-state index contributed by atoms with van der Waals surface area (Å²) in [5, 5.41) is 0. The summed E-state index contributed by atoms with van der Waals surface area (Å²) in [6.45, 7) is 6.85. The second-order valence-corrected chi connectivity index (χ2v) is 3.50. The van der Waals surface area contributed by atoms with Crippen molar-refractivity contribution in [1.82, 2.24) is 0 Å². The molecule has 0 bridgehead atoms. The van der Waals surface area contributed by atoms with Crippen LogP contribution in [0, 0.1) is 5.41 Å². The third-order valence-corrected chi connectivity index (χ3v) is 2.87. The van der Waals surface area contributed by atoms with Crippen LogP contribution in [0.15, 0.2) is 0 Å². The van der Waals surface area contributed by atoms with E-state index >= 15 is 0 Å². The number of hydrogen-bond donors (Lipinski definition) is 1. The van der Waals surface area contributed by atoms with E-state index in [1.165, 1.54) is 6.92 Å². The summed E-state index contributed by atoms with van der Waals surface area (Å²) in [5.41, 5.74) is 5.87. The second kappa shape index (κ2) is 5.97. The molecular weight excluding hydrogens is 166 g/mol. The average molecular weight is 187 g/mol. The highest BCUT2D eigenvalue weighted by molar-refractivity contribution is 5.65. The van der Waals surface area contributed by atoms with Crippen molar-refractivity contribution >= 4 is 5.97 Å². The molecular formula is C10H21NO2. The van der Waals surface area contributed by atoms with Gasteiger partial charge in [0.25, 0.3) is 0 Å². The Kier molecular flexibility index (Phi) is 5.71. The van der Waals surface area contributed by atoms with Crippen molar-refractivity contribution in [3.8, 4) is 0 Å². The van der Waals surface area contributed by atoms with E-state index in [9.17, 15) is 4.79 Å². The molecule has 0 atom stereocenters. The van der Waals surface area contributed by atoms with E-state index in [1.807, 2.05) is 0 Å². The summed E-state index contributed by atoms with van der Waals surface area (Å²) in [4.78, 5) is 10.5. The first kappa shape index (κ1) is 12.4. The lowest BCUT2D eigenvalue weighted by Crippen LogP contribution is -2.30. The number of ether oxygens (including phenoxy) is 1. The lowest BCUT2D eigenvalue weighted by Gasteiger charge is -2.29. The van der Waals surface area contributed by atoms with Crippen molar-refractivity contribution in [2.24, 2.45) is 11.1 Å². The van der Waals surface area contributed by atoms with Crippen LogP contribution in [0.5, 0.6) is 0 Å². The van der Waals surface area contributed by atoms with Gasteiger partial charge < -0.3 is 10.5 Å². The number of rotatable bonds is 6. The highest BCUT2D eigenvalue weighted by Gasteiger charge is 2.24. The van der Waals surface area contributed by atoms with E-state index in [1.54, 1.807) is 0 Å². The van der Waals surface area contributed by atoms with Crippen LogP contribution in [0.2, 0.25) is 0 Å². The monoisotopic (exact) mass is 187 g/mol. The molecule has 0 heterocycles. The fraction of sp³-hybridized carbons (Fsp3) is 0.900. The summed E-state index contributed by atoms with van der Waals surface area (Å²) >= 11 is 0. The quantitative estimate of drug-likeness (QED) is 0.644. The molecule has 0 unspecified atom stereocenters. The molecule has 0 aromatic heterocycles. The Labute approximate surface area is 80.6 Å². The molecule has 13 heavy (non-hydrogen) atoms. The van der Waals surface area contributed by atoms with E-state index in [2.05, 4.69) is 13.8 Å². The minimum absolute atomic E-state index is 0.162. The topological polar surface area (TPSA) is 52.3 Å². The normalized spacial score (nSPS) is 11.4. The molecule has 0 aromatic rings. The van der Waals surface area contributed by atoms with Crippen LogP contribution in [-0.2, 0) is 9.53 Å². The number of carbonyl (C=O) groups excluding carboxylic acids is 1. The van der Waals surface area contributed by atoms with Crippen molar-refractivity contribution in [3.05, 3.63) is 0 Å². The van der Waals surface area contributed by atoms with Crippen LogP contribution >= 0.6 is 0 Å². The summed E-state index contributed by atoms with van der Waals surface area (Å²) < 4.78 is 4.91. The highest BCUT2D eigenvalue weighted by Crippen LogP contribution is 2.28. The van der Waals surface area contributed by atoms with E-state index in [-0.39, 0.29) is 11.4 Å². The Morgan fingerprint density at radius 1 is 1.38 bits per heavy atom. The molecule has 78 valence electrons. The Bertz CT molecular complexity index is 145. The van der Waals surface area contributed by atoms with Crippen LogP contribution in [0.25, 0.3) is 0 Å². The molecule has 0 fully saturated rings. The van der Waals surface area contributed by atoms with Crippen LogP contribution in [-0.4, -0.2) is 19.1 Å². The van der Waals surface area contributed by atoms with Gasteiger partial charge in [-0.1, -0.05) is 13.8 Å². The number of hydrogen-bond acceptors (Lipinski definition) is 3. The maximum atomic E-state index is 10.5. The van der Waals surface area contributed by atoms with Crippen LogP contribution in [0.4, 0.5) is 0 Å². The molecule has 0 aromatic carbocycles. The second-order valence-electron chi connectivity index (χ2n) is 3.50. The highest BCUT2D eigenvalue weighted by atomic mass is 16.5. The predicted molar refractivity (Wildman–Crippen MR) is 53.3 cm³/mol. The van der Waals surface area contributed by atoms with Gasteiger partial charge in [0.15, 0.2) is 0 Å². The number of esters is 1. The van der Waals surface area contributed by atoms with Gasteiger partial charge in [0.2, 0.25) is 0 Å². The molecule has 0 radical (unpaired) electrons. The fourth-order valence-electron chi connectivity index (χ4n) is 1.41. The van der Waals surface area contributed by atoms with Gasteiger partial charge in [-0.05, 0) is 31.2 Å². The van der Waals surface area contributed by atoms with Gasteiger partial charge in [0, 0.05) is 6.92 Å². The maximum absolute atomic E-state index is 10.5. The van der Waals surface area contributed by atoms with E-state index < -0.39 is 0 Å². The molecule has 0 saturated carbocycles. The first-order chi connectivity index (χ1) is 6.10. The van der Waals surface area contributed by atoms with Crippen LogP contribution in [0.3, 0.4) is 0 Å². The molecule has 3 heteroatoms. The molecule has 0 aliphatic heterocycles. The average Bonchev–Trinajstić information content (AvgIpc) is 2.13. The van der Waals surface area contributed by atoms with E-state index in [0.717, 1.165) is 19.3 Å². The van der Waals surface area contributed by atoms with Crippen molar-refractivity contribution < 1.29 is 9.53 Å². The van der Waals surface area contributed by atoms with Gasteiger partial charge in [-0.15, -0.1) is 0 Å². The predicted octanol–water partition coefficient (Wildman–Crippen LogP) is 1.70. The third-order valence-electron chi connectivity index (χ3n) is 2.87. The molecule has 0 saturated heterocycles. The minimum Gasteiger partial charge on any atom is -0.466 e. The lowest BCUT2D eigenvalue weighted by molar-refractivity contribution is -0.141. The molecule has 3 nitrogen and oxygen atoms in total. The molecule has 0 spiro atoms. The van der Waals surface area contributed by atoms with Gasteiger partial charge in [0.1, 0.15) is 0 Å². The van der Waals surface area contributed by atoms with Crippen LogP contribution in [0.1, 0.15) is 40.0 Å². The summed E-state index contributed by atoms with van der Waals surface area (Å²) in [6.07, 6.45) is 2.96. The van der Waals surface area contributed by atoms with Crippen molar-refractivity contribution in [1.29, 1.82) is 0 Å². The molecule has 0 aliphatic carbocycles. The van der Waals surface area contributed by atoms with Gasteiger partial charge in [0.05, 0.1) is 6.61 Å². The van der Waals surface area contributed by atoms with Crippen molar-refractivity contribution in [3.63, 3.8) is 0 Å². The molecule has 0 rings (SSSR count). The third kappa shape index (κ3) is 4.27. The molecule has 0 aliphatic rings. The number of carbonyl (C=O) groups is 1. The summed E-state index contributed by atoms with van der Waals surface area (Å²) in [6, 6.07) is 0. The standard InChI is InChI=1S/C10H21NO2/c1-4-10(5-2,8-11)6-7-13-9(3)12/h4-8,11H2,1-3H3. The Morgan fingerprint density at radius 3 is 2.23 bits per heavy atom. The van der Waals surface area contributed by atoms with Gasteiger partial charge in [-0.2, -0.15) is 0 Å². The van der Waals surface area contributed by atoms with Crippen molar-refractivity contribution in [2.45, 2.75) is 40.0 Å². The zero-order chi connectivity index (χ0) is 10.3. The summed E-state index contributed by atoms with van der Waals surface area (Å²) in [5.74, 6) is -0.210. The number of nitrogens with two attached hydrogens (primary N) is 1. The van der Waals surface area contributed by atoms with E-state index in [4.69, 9.17) is 10.5 Å². The SMILES string of the molecule is CCC(CC)(CN)CCOC(C)=O. The minimum atomic E-state index is -0.210. The molecule has 0 amide bonds. The van der Waals surface area contributed by atoms with Gasteiger partial charge >= 0.3 is 5.97 Å². The zero-order valence-electron chi connectivity index (χ0n) is 8.93. The largest absolute Gasteiger partial charge is 0.466 e. The first-order valence-electron chi connectivity index (χ1n) is 4.93. The Morgan fingerprint density at radius 2 is 1.92 bits per heavy atom. The molecule has 2 N–H and O–H groups in total. The van der Waals surface area contributed by atoms with Crippen LogP contribution < -0.4 is 5.73 Å². The van der Waals surface area contributed by atoms with Crippen molar-refractivity contribution in [2.75, 3.05) is 13.2 Å².